The van der Waals surface area contributed by atoms with Crippen LogP contribution in [0, 0.1) is 34.0 Å². The van der Waals surface area contributed by atoms with Crippen LogP contribution in [0.1, 0.15) is 28.2 Å². The summed E-state index contributed by atoms with van der Waals surface area (Å²) in [6.07, 6.45) is 0.271. The molecule has 1 aromatic carbocycles. The molecule has 1 atom stereocenters. The van der Waals surface area contributed by atoms with Gasteiger partial charge in [-0.25, -0.2) is 4.98 Å². The van der Waals surface area contributed by atoms with Crippen molar-refractivity contribution < 1.29 is 10.1 Å². The van der Waals surface area contributed by atoms with Gasteiger partial charge in [-0.3, -0.25) is 4.90 Å². The van der Waals surface area contributed by atoms with Crippen molar-refractivity contribution in [1.29, 1.82) is 15.8 Å². The molecule has 0 bridgehead atoms. The molecule has 4 N–H and O–H groups in total. The van der Waals surface area contributed by atoms with E-state index in [9.17, 15) is 20.9 Å². The molecule has 136 valence electrons. The molecule has 1 aromatic heterocycles. The number of aliphatic hydroxyl groups excluding tert-OH is 1. The van der Waals surface area contributed by atoms with E-state index in [4.69, 9.17) is 17.3 Å². The Kier molecular flexibility index (Phi) is 6.57. The highest BCUT2D eigenvalue weighted by Gasteiger charge is 2.29. The number of H-pyrrole nitrogens is 1. The van der Waals surface area contributed by atoms with Crippen LogP contribution >= 0.6 is 11.6 Å². The van der Waals surface area contributed by atoms with Gasteiger partial charge < -0.3 is 10.8 Å². The Morgan fingerprint density at radius 3 is 2.52 bits per heavy atom. The lowest BCUT2D eigenvalue weighted by Gasteiger charge is -2.19. The van der Waals surface area contributed by atoms with Crippen molar-refractivity contribution in [2.75, 3.05) is 30.8 Å². The Morgan fingerprint density at radius 1 is 1.26 bits per heavy atom. The molecule has 0 saturated carbocycles. The number of anilines is 2. The quantitative estimate of drug-likeness (QED) is 0.782. The topological polar surface area (TPSA) is 135 Å². The summed E-state index contributed by atoms with van der Waals surface area (Å²) in [7, 11) is 1.68. The van der Waals surface area contributed by atoms with Crippen LogP contribution in [0.25, 0.3) is 0 Å². The number of nitrogens with one attached hydrogen (secondary N) is 1. The number of hydrogen-bond donors (Lipinski definition) is 2. The predicted molar refractivity (Wildman–Crippen MR) is 101 cm³/mol. The number of likely N-dealkylation sites (N-methyl/N-ethyl adjacent to an activating group) is 1. The van der Waals surface area contributed by atoms with E-state index in [0.29, 0.717) is 10.8 Å². The molecule has 7 nitrogen and oxygen atoms in total. The minimum Gasteiger partial charge on any atom is -0.393 e. The number of nitrogens with two attached hydrogens (primary N) is 1. The summed E-state index contributed by atoms with van der Waals surface area (Å²) in [6.45, 7) is 0.121. The molecule has 8 heteroatoms. The van der Waals surface area contributed by atoms with Crippen molar-refractivity contribution in [3.05, 3.63) is 51.5 Å². The highest BCUT2D eigenvalue weighted by Crippen LogP contribution is 2.32. The predicted octanol–water partition coefficient (Wildman–Crippen LogP) is 1.76. The number of aromatic amines is 1. The second-order valence-corrected chi connectivity index (χ2v) is 6.37. The summed E-state index contributed by atoms with van der Waals surface area (Å²) < 4.78 is 0. The van der Waals surface area contributed by atoms with Crippen LogP contribution in [0.2, 0.25) is 5.02 Å². The zero-order valence-corrected chi connectivity index (χ0v) is 15.5. The number of benzene rings is 1. The van der Waals surface area contributed by atoms with Gasteiger partial charge in [-0.2, -0.15) is 15.8 Å². The molecule has 27 heavy (non-hydrogen) atoms. The van der Waals surface area contributed by atoms with E-state index in [1.54, 1.807) is 30.1 Å². The van der Waals surface area contributed by atoms with Gasteiger partial charge in [0.15, 0.2) is 0 Å². The largest absolute Gasteiger partial charge is 0.393 e. The first-order chi connectivity index (χ1) is 13.0. The Labute approximate surface area is 162 Å². The molecule has 0 radical (unpaired) electrons. The zero-order valence-electron chi connectivity index (χ0n) is 14.7. The summed E-state index contributed by atoms with van der Waals surface area (Å²) in [5, 5.41) is 38.8. The van der Waals surface area contributed by atoms with Gasteiger partial charge in [-0.1, -0.05) is 23.7 Å². The first-order valence-corrected chi connectivity index (χ1v) is 8.49. The van der Waals surface area contributed by atoms with Gasteiger partial charge in [0.2, 0.25) is 11.6 Å². The molecular formula is C19H18ClN6O+. The van der Waals surface area contributed by atoms with E-state index in [2.05, 4.69) is 17.1 Å². The smallest absolute Gasteiger partial charge is 0.239 e. The molecule has 2 rings (SSSR count). The van der Waals surface area contributed by atoms with Crippen LogP contribution in [0.15, 0.2) is 24.3 Å². The molecule has 0 amide bonds. The van der Waals surface area contributed by atoms with Gasteiger partial charge in [0.05, 0.1) is 32.2 Å². The van der Waals surface area contributed by atoms with Crippen molar-refractivity contribution in [2.45, 2.75) is 12.3 Å². The van der Waals surface area contributed by atoms with Crippen LogP contribution in [0.3, 0.4) is 0 Å². The third kappa shape index (κ3) is 4.27. The van der Waals surface area contributed by atoms with Gasteiger partial charge in [0.25, 0.3) is 0 Å². The number of aliphatic hydroxyl groups is 1. The number of halogens is 1. The van der Waals surface area contributed by atoms with Gasteiger partial charge in [0.1, 0.15) is 23.3 Å². The number of pyridine rings is 1. The van der Waals surface area contributed by atoms with E-state index in [-0.39, 0.29) is 42.1 Å². The molecule has 0 fully saturated rings. The van der Waals surface area contributed by atoms with E-state index in [1.807, 2.05) is 12.1 Å². The molecule has 0 aliphatic carbocycles. The van der Waals surface area contributed by atoms with E-state index >= 15 is 0 Å². The van der Waals surface area contributed by atoms with Crippen LogP contribution in [-0.2, 0) is 6.42 Å². The maximum absolute atomic E-state index is 9.77. The lowest BCUT2D eigenvalue weighted by molar-refractivity contribution is -0.346. The summed E-state index contributed by atoms with van der Waals surface area (Å²) in [6, 6.07) is 13.3. The minimum absolute atomic E-state index is 0.0673. The third-order valence-corrected chi connectivity index (χ3v) is 4.41. The van der Waals surface area contributed by atoms with E-state index in [0.717, 1.165) is 5.56 Å². The van der Waals surface area contributed by atoms with Crippen molar-refractivity contribution in [3.8, 4) is 18.2 Å². The molecule has 0 aliphatic heterocycles. The number of nitriles is 3. The Balaban J connectivity index is 2.66. The number of nitrogen functional groups attached to an aromatic ring is 1. The summed E-state index contributed by atoms with van der Waals surface area (Å²) in [5.41, 5.74) is 7.30. The maximum Gasteiger partial charge on any atom is 0.239 e. The standard InChI is InChI=1S/C19H17ClN6O/c1-26(5-6-27)19-16(11-23)17(15(10-22)18(24)25-19)13(9-21)7-12-3-2-4-14(20)8-12/h2-4,8,13,27H,5-7H2,1H3,(H2,24,25)/p+1/t13-/m1/s1. The van der Waals surface area contributed by atoms with Crippen LogP contribution in [-0.4, -0.2) is 25.3 Å². The monoisotopic (exact) mass is 381 g/mol. The highest BCUT2D eigenvalue weighted by molar-refractivity contribution is 6.30. The van der Waals surface area contributed by atoms with Crippen molar-refractivity contribution in [2.24, 2.45) is 0 Å². The second kappa shape index (κ2) is 8.87. The number of aromatic nitrogens is 1. The number of nitrogens with zero attached hydrogens (tertiary/aromatic N) is 4. The zero-order chi connectivity index (χ0) is 20.0. The first-order valence-electron chi connectivity index (χ1n) is 8.11. The Hall–Kier alpha value is -3.31. The lowest BCUT2D eigenvalue weighted by Crippen LogP contribution is -2.32. The molecule has 0 saturated heterocycles. The average molecular weight is 382 g/mol. The fourth-order valence-corrected chi connectivity index (χ4v) is 3.11. The Morgan fingerprint density at radius 2 is 1.96 bits per heavy atom. The maximum atomic E-state index is 9.77. The molecule has 0 aliphatic rings. The molecular weight excluding hydrogens is 364 g/mol. The second-order valence-electron chi connectivity index (χ2n) is 5.94. The van der Waals surface area contributed by atoms with Crippen LogP contribution in [0.5, 0.6) is 0 Å². The average Bonchev–Trinajstić information content (AvgIpc) is 2.65. The van der Waals surface area contributed by atoms with Gasteiger partial charge in [0, 0.05) is 10.6 Å². The van der Waals surface area contributed by atoms with Gasteiger partial charge in [-0.15, -0.1) is 0 Å². The molecule has 2 aromatic rings. The Bertz CT molecular complexity index is 970. The molecule has 1 heterocycles. The molecule has 0 spiro atoms. The highest BCUT2D eigenvalue weighted by atomic mass is 35.5. The summed E-state index contributed by atoms with van der Waals surface area (Å²) >= 11 is 6.02. The van der Waals surface area contributed by atoms with Crippen LogP contribution < -0.4 is 15.6 Å². The number of rotatable bonds is 6. The lowest BCUT2D eigenvalue weighted by atomic mass is 9.87. The third-order valence-electron chi connectivity index (χ3n) is 4.17. The van der Waals surface area contributed by atoms with Crippen molar-refractivity contribution in [1.82, 2.24) is 0 Å². The fraction of sp³-hybridized carbons (Fsp3) is 0.263. The van der Waals surface area contributed by atoms with Gasteiger partial charge >= 0.3 is 0 Å². The van der Waals surface area contributed by atoms with Gasteiger partial charge in [-0.05, 0) is 24.1 Å². The molecule has 0 unspecified atom stereocenters. The van der Waals surface area contributed by atoms with Crippen molar-refractivity contribution >= 4 is 23.2 Å². The summed E-state index contributed by atoms with van der Waals surface area (Å²) in [5.74, 6) is -0.354. The fourth-order valence-electron chi connectivity index (χ4n) is 2.89. The van der Waals surface area contributed by atoms with E-state index in [1.165, 1.54) is 0 Å². The van der Waals surface area contributed by atoms with Crippen LogP contribution in [0.4, 0.5) is 11.6 Å². The number of hydrogen-bond acceptors (Lipinski definition) is 6. The first kappa shape index (κ1) is 20.0. The normalized spacial score (nSPS) is 11.1. The van der Waals surface area contributed by atoms with Crippen molar-refractivity contribution in [3.63, 3.8) is 0 Å². The van der Waals surface area contributed by atoms with E-state index < -0.39 is 5.92 Å². The SMILES string of the molecule is CN(CCO)c1[nH+]c(N)c(C#N)c([C@@H](C#N)Cc2cccc(Cl)c2)c1C#N. The summed E-state index contributed by atoms with van der Waals surface area (Å²) in [4.78, 5) is 4.46. The minimum atomic E-state index is -0.772.